The van der Waals surface area contributed by atoms with Gasteiger partial charge in [0.2, 0.25) is 0 Å². The highest BCUT2D eigenvalue weighted by molar-refractivity contribution is 6.03. The molecule has 0 fully saturated rings. The van der Waals surface area contributed by atoms with Gasteiger partial charge in [-0.05, 0) is 24.3 Å². The number of hydrogen-bond acceptors (Lipinski definition) is 8. The van der Waals surface area contributed by atoms with Crippen molar-refractivity contribution in [2.75, 3.05) is 26.1 Å². The Balaban J connectivity index is 2.19. The predicted molar refractivity (Wildman–Crippen MR) is 96.3 cm³/mol. The van der Waals surface area contributed by atoms with Gasteiger partial charge in [-0.15, -0.1) is 0 Å². The minimum absolute atomic E-state index is 0.00547. The monoisotopic (exact) mass is 388 g/mol. The minimum atomic E-state index is -0.730. The molecule has 0 saturated heterocycles. The third kappa shape index (κ3) is 4.81. The van der Waals surface area contributed by atoms with E-state index in [2.05, 4.69) is 14.8 Å². The maximum atomic E-state index is 12.2. The smallest absolute Gasteiger partial charge is 0.339 e. The number of anilines is 1. The molecule has 0 aromatic heterocycles. The van der Waals surface area contributed by atoms with E-state index in [1.165, 1.54) is 56.7 Å². The molecule has 10 heteroatoms. The van der Waals surface area contributed by atoms with Gasteiger partial charge < -0.3 is 19.5 Å². The topological polar surface area (TPSA) is 134 Å². The summed E-state index contributed by atoms with van der Waals surface area (Å²) >= 11 is 0. The fourth-order valence-corrected chi connectivity index (χ4v) is 2.24. The Labute approximate surface area is 159 Å². The zero-order valence-electron chi connectivity index (χ0n) is 15.0. The van der Waals surface area contributed by atoms with Crippen molar-refractivity contribution in [3.8, 4) is 5.75 Å². The number of rotatable bonds is 7. The molecule has 2 rings (SSSR count). The highest BCUT2D eigenvalue weighted by atomic mass is 16.6. The quantitative estimate of drug-likeness (QED) is 0.433. The van der Waals surface area contributed by atoms with Gasteiger partial charge in [0, 0.05) is 6.07 Å². The number of methoxy groups -OCH3 is 2. The van der Waals surface area contributed by atoms with Crippen LogP contribution in [0.4, 0.5) is 11.4 Å². The standard InChI is InChI=1S/C18H16N2O8/c1-26-17(22)11-7-8-12(18(23)27-2)13(9-11)19-16(21)10-28-15-6-4-3-5-14(15)20(24)25/h3-9H,10H2,1-2H3,(H,19,21). The van der Waals surface area contributed by atoms with Crippen molar-refractivity contribution in [1.82, 2.24) is 0 Å². The lowest BCUT2D eigenvalue weighted by atomic mass is 10.1. The second-order valence-corrected chi connectivity index (χ2v) is 5.31. The molecule has 2 aromatic rings. The molecule has 0 atom stereocenters. The van der Waals surface area contributed by atoms with Crippen LogP contribution in [0.2, 0.25) is 0 Å². The van der Waals surface area contributed by atoms with Crippen molar-refractivity contribution in [1.29, 1.82) is 0 Å². The van der Waals surface area contributed by atoms with E-state index < -0.39 is 29.4 Å². The number of nitro groups is 1. The highest BCUT2D eigenvalue weighted by Gasteiger charge is 2.19. The van der Waals surface area contributed by atoms with Crippen molar-refractivity contribution < 1.29 is 33.5 Å². The summed E-state index contributed by atoms with van der Waals surface area (Å²) in [6.07, 6.45) is 0. The highest BCUT2D eigenvalue weighted by Crippen LogP contribution is 2.26. The molecule has 28 heavy (non-hydrogen) atoms. The largest absolute Gasteiger partial charge is 0.477 e. The summed E-state index contributed by atoms with van der Waals surface area (Å²) in [6.45, 7) is -0.562. The number of ether oxygens (including phenoxy) is 3. The van der Waals surface area contributed by atoms with Crippen molar-refractivity contribution in [3.05, 3.63) is 63.7 Å². The van der Waals surface area contributed by atoms with E-state index in [1.807, 2.05) is 0 Å². The molecule has 0 aliphatic heterocycles. The van der Waals surface area contributed by atoms with Gasteiger partial charge in [0.1, 0.15) is 0 Å². The van der Waals surface area contributed by atoms with E-state index in [4.69, 9.17) is 4.74 Å². The molecule has 1 N–H and O–H groups in total. The summed E-state index contributed by atoms with van der Waals surface area (Å²) in [4.78, 5) is 46.1. The number of carbonyl (C=O) groups is 3. The minimum Gasteiger partial charge on any atom is -0.477 e. The number of hydrogen-bond donors (Lipinski definition) is 1. The summed E-state index contributed by atoms with van der Waals surface area (Å²) in [5, 5.41) is 13.4. The molecule has 0 unspecified atom stereocenters. The zero-order valence-corrected chi connectivity index (χ0v) is 15.0. The van der Waals surface area contributed by atoms with Crippen LogP contribution in [0.5, 0.6) is 5.75 Å². The van der Waals surface area contributed by atoms with E-state index in [0.29, 0.717) is 0 Å². The molecule has 0 heterocycles. The molecule has 0 aliphatic rings. The van der Waals surface area contributed by atoms with Crippen molar-refractivity contribution in [2.45, 2.75) is 0 Å². The van der Waals surface area contributed by atoms with Crippen LogP contribution in [-0.4, -0.2) is 43.6 Å². The normalized spacial score (nSPS) is 9.93. The van der Waals surface area contributed by atoms with Crippen molar-refractivity contribution in [3.63, 3.8) is 0 Å². The van der Waals surface area contributed by atoms with Crippen molar-refractivity contribution >= 4 is 29.2 Å². The fourth-order valence-electron chi connectivity index (χ4n) is 2.24. The first kappa shape index (κ1) is 20.4. The summed E-state index contributed by atoms with van der Waals surface area (Å²) in [7, 11) is 2.36. The number of nitro benzene ring substituents is 1. The summed E-state index contributed by atoms with van der Waals surface area (Å²) in [5.74, 6) is -2.18. The van der Waals surface area contributed by atoms with Crippen LogP contribution in [0.1, 0.15) is 20.7 Å². The van der Waals surface area contributed by atoms with E-state index in [0.717, 1.165) is 0 Å². The maximum absolute atomic E-state index is 12.2. The molecule has 146 valence electrons. The van der Waals surface area contributed by atoms with Gasteiger partial charge in [0.15, 0.2) is 12.4 Å². The first-order valence-corrected chi connectivity index (χ1v) is 7.84. The number of nitrogens with zero attached hydrogens (tertiary/aromatic N) is 1. The maximum Gasteiger partial charge on any atom is 0.339 e. The molecule has 0 bridgehead atoms. The molecule has 2 aromatic carbocycles. The summed E-state index contributed by atoms with van der Waals surface area (Å²) in [5.41, 5.74) is -0.177. The lowest BCUT2D eigenvalue weighted by Gasteiger charge is -2.12. The van der Waals surface area contributed by atoms with E-state index >= 15 is 0 Å². The average molecular weight is 388 g/mol. The second kappa shape index (κ2) is 9.12. The van der Waals surface area contributed by atoms with Gasteiger partial charge in [-0.2, -0.15) is 0 Å². The molecule has 0 aliphatic carbocycles. The van der Waals surface area contributed by atoms with Crippen LogP contribution in [0.15, 0.2) is 42.5 Å². The summed E-state index contributed by atoms with van der Waals surface area (Å²) in [6, 6.07) is 9.47. The average Bonchev–Trinajstić information content (AvgIpc) is 2.71. The number of benzene rings is 2. The molecule has 1 amide bonds. The van der Waals surface area contributed by atoms with Crippen LogP contribution in [0.25, 0.3) is 0 Å². The molecule has 10 nitrogen and oxygen atoms in total. The van der Waals surface area contributed by atoms with Crippen LogP contribution >= 0.6 is 0 Å². The zero-order chi connectivity index (χ0) is 20.7. The van der Waals surface area contributed by atoms with Crippen LogP contribution in [0.3, 0.4) is 0 Å². The molecule has 0 saturated carbocycles. The molecule has 0 radical (unpaired) electrons. The third-order valence-corrected chi connectivity index (χ3v) is 3.54. The van der Waals surface area contributed by atoms with Gasteiger partial charge in [-0.3, -0.25) is 14.9 Å². The van der Waals surface area contributed by atoms with E-state index in [1.54, 1.807) is 0 Å². The van der Waals surface area contributed by atoms with Gasteiger partial charge in [-0.25, -0.2) is 9.59 Å². The number of esters is 2. The molecular formula is C18H16N2O8. The van der Waals surface area contributed by atoms with Crippen molar-refractivity contribution in [2.24, 2.45) is 0 Å². The second-order valence-electron chi connectivity index (χ2n) is 5.31. The number of para-hydroxylation sites is 2. The Morgan fingerprint density at radius 2 is 1.71 bits per heavy atom. The lowest BCUT2D eigenvalue weighted by Crippen LogP contribution is -2.22. The fraction of sp³-hybridized carbons (Fsp3) is 0.167. The Bertz CT molecular complexity index is 926. The van der Waals surface area contributed by atoms with E-state index in [-0.39, 0.29) is 28.3 Å². The predicted octanol–water partition coefficient (Wildman–Crippen LogP) is 2.19. The molecular weight excluding hydrogens is 372 g/mol. The Kier molecular flexibility index (Phi) is 6.63. The number of amides is 1. The van der Waals surface area contributed by atoms with E-state index in [9.17, 15) is 24.5 Å². The number of nitrogens with one attached hydrogen (secondary N) is 1. The Hall–Kier alpha value is -3.95. The third-order valence-electron chi connectivity index (χ3n) is 3.54. The van der Waals surface area contributed by atoms with Gasteiger partial charge in [0.05, 0.1) is 36.0 Å². The SMILES string of the molecule is COC(=O)c1ccc(C(=O)OC)c(NC(=O)COc2ccccc2[N+](=O)[O-])c1. The van der Waals surface area contributed by atoms with Gasteiger partial charge >= 0.3 is 17.6 Å². The number of carbonyl (C=O) groups excluding carboxylic acids is 3. The van der Waals surface area contributed by atoms with Crippen LogP contribution in [0, 0.1) is 10.1 Å². The Morgan fingerprint density at radius 1 is 1.04 bits per heavy atom. The first-order valence-electron chi connectivity index (χ1n) is 7.84. The van der Waals surface area contributed by atoms with Crippen LogP contribution < -0.4 is 10.1 Å². The first-order chi connectivity index (χ1) is 13.4. The van der Waals surface area contributed by atoms with Gasteiger partial charge in [-0.1, -0.05) is 12.1 Å². The summed E-state index contributed by atoms with van der Waals surface area (Å²) < 4.78 is 14.4. The lowest BCUT2D eigenvalue weighted by molar-refractivity contribution is -0.385. The Morgan fingerprint density at radius 3 is 2.36 bits per heavy atom. The van der Waals surface area contributed by atoms with Gasteiger partial charge in [0.25, 0.3) is 5.91 Å². The van der Waals surface area contributed by atoms with Crippen LogP contribution in [-0.2, 0) is 14.3 Å². The molecule has 0 spiro atoms.